The first-order chi connectivity index (χ1) is 13.2. The van der Waals surface area contributed by atoms with E-state index >= 15 is 0 Å². The molecule has 0 spiro atoms. The third-order valence-electron chi connectivity index (χ3n) is 4.50. The van der Waals surface area contributed by atoms with Crippen molar-refractivity contribution in [3.05, 3.63) is 77.9 Å². The van der Waals surface area contributed by atoms with Gasteiger partial charge in [-0.1, -0.05) is 30.3 Å². The number of benzene rings is 3. The molecular formula is C22H17O4S+. The highest BCUT2D eigenvalue weighted by molar-refractivity contribution is 7.50. The minimum absolute atomic E-state index is 0.345. The summed E-state index contributed by atoms with van der Waals surface area (Å²) in [6.45, 7) is 0. The molecule has 4 rings (SSSR count). The lowest BCUT2D eigenvalue weighted by Crippen LogP contribution is -2.06. The summed E-state index contributed by atoms with van der Waals surface area (Å²) in [6, 6.07) is 21.5. The fourth-order valence-corrected chi connectivity index (χ4v) is 5.79. The maximum absolute atomic E-state index is 12.5. The van der Waals surface area contributed by atoms with Crippen molar-refractivity contribution in [3.63, 3.8) is 0 Å². The van der Waals surface area contributed by atoms with Crippen molar-refractivity contribution in [2.75, 3.05) is 14.2 Å². The number of carbonyl (C=O) groups excluding carboxylic acids is 2. The van der Waals surface area contributed by atoms with Crippen molar-refractivity contribution in [2.45, 2.75) is 0 Å². The van der Waals surface area contributed by atoms with Gasteiger partial charge in [0, 0.05) is 21.9 Å². The Labute approximate surface area is 158 Å². The number of hydrogen-bond acceptors (Lipinski definition) is 4. The lowest BCUT2D eigenvalue weighted by atomic mass is 10.0. The molecule has 3 aromatic carbocycles. The molecule has 27 heavy (non-hydrogen) atoms. The highest BCUT2D eigenvalue weighted by Crippen LogP contribution is 2.49. The van der Waals surface area contributed by atoms with E-state index in [9.17, 15) is 9.59 Å². The Balaban J connectivity index is 2.21. The standard InChI is InChI=1S/C22H17O4S/c1-25-21(23)14-12-17(22(24)26-2)20-16-10-6-7-11-18(16)27(19(20)13-14)15-8-4-3-5-9-15/h3-13H,1-2H3/q+1. The lowest BCUT2D eigenvalue weighted by Gasteiger charge is -2.04. The highest BCUT2D eigenvalue weighted by atomic mass is 32.2. The third-order valence-corrected chi connectivity index (χ3v) is 6.80. The van der Waals surface area contributed by atoms with Gasteiger partial charge in [-0.3, -0.25) is 0 Å². The van der Waals surface area contributed by atoms with E-state index in [-0.39, 0.29) is 0 Å². The molecule has 0 saturated carbocycles. The zero-order valence-electron chi connectivity index (χ0n) is 14.9. The summed E-state index contributed by atoms with van der Waals surface area (Å²) in [4.78, 5) is 25.9. The Hall–Kier alpha value is -3.18. The van der Waals surface area contributed by atoms with E-state index in [1.165, 1.54) is 14.2 Å². The Bertz CT molecular complexity index is 1180. The van der Waals surface area contributed by atoms with Crippen molar-refractivity contribution < 1.29 is 19.1 Å². The van der Waals surface area contributed by atoms with Gasteiger partial charge >= 0.3 is 11.9 Å². The Morgan fingerprint density at radius 3 is 2.15 bits per heavy atom. The smallest absolute Gasteiger partial charge is 0.338 e. The SMILES string of the molecule is COC(=O)c1cc(C(=O)OC)c2c3ccccc3[s+](-c3ccccc3)c2c1. The third kappa shape index (κ3) is 2.76. The Kier molecular flexibility index (Phi) is 4.38. The molecule has 4 nitrogen and oxygen atoms in total. The van der Waals surface area contributed by atoms with E-state index in [0.717, 1.165) is 25.1 Å². The van der Waals surface area contributed by atoms with E-state index < -0.39 is 22.4 Å². The van der Waals surface area contributed by atoms with E-state index in [1.807, 2.05) is 42.5 Å². The van der Waals surface area contributed by atoms with Crippen LogP contribution in [0, 0.1) is 0 Å². The fraction of sp³-hybridized carbons (Fsp3) is 0.0909. The van der Waals surface area contributed by atoms with Crippen molar-refractivity contribution >= 4 is 42.6 Å². The van der Waals surface area contributed by atoms with Crippen LogP contribution < -0.4 is 0 Å². The van der Waals surface area contributed by atoms with E-state index in [0.29, 0.717) is 11.1 Å². The van der Waals surface area contributed by atoms with Crippen LogP contribution in [0.5, 0.6) is 0 Å². The van der Waals surface area contributed by atoms with Crippen LogP contribution in [0.4, 0.5) is 0 Å². The summed E-state index contributed by atoms with van der Waals surface area (Å²) in [5.74, 6) is -0.944. The summed E-state index contributed by atoms with van der Waals surface area (Å²) in [5.41, 5.74) is 0.728. The van der Waals surface area contributed by atoms with Crippen LogP contribution in [0.15, 0.2) is 66.7 Å². The maximum Gasteiger partial charge on any atom is 0.338 e. The van der Waals surface area contributed by atoms with Crippen LogP contribution in [-0.4, -0.2) is 26.2 Å². The fourth-order valence-electron chi connectivity index (χ4n) is 3.34. The van der Waals surface area contributed by atoms with Gasteiger partial charge in [-0.05, 0) is 30.3 Å². The number of hydrogen-bond donors (Lipinski definition) is 0. The average molecular weight is 377 g/mol. The second-order valence-corrected chi connectivity index (χ2v) is 7.96. The monoisotopic (exact) mass is 377 g/mol. The quantitative estimate of drug-likeness (QED) is 0.359. The number of carbonyl (C=O) groups is 2. The van der Waals surface area contributed by atoms with E-state index in [1.54, 1.807) is 6.07 Å². The van der Waals surface area contributed by atoms with Crippen molar-refractivity contribution in [3.8, 4) is 4.90 Å². The molecule has 4 aromatic rings. The molecule has 0 aliphatic carbocycles. The minimum atomic E-state index is -0.476. The van der Waals surface area contributed by atoms with Crippen molar-refractivity contribution in [1.82, 2.24) is 0 Å². The number of thiophene rings is 1. The number of ether oxygens (including phenoxy) is 2. The minimum Gasteiger partial charge on any atom is -0.465 e. The predicted molar refractivity (Wildman–Crippen MR) is 108 cm³/mol. The zero-order chi connectivity index (χ0) is 19.0. The van der Waals surface area contributed by atoms with Gasteiger partial charge < -0.3 is 9.47 Å². The molecule has 0 aliphatic heterocycles. The number of methoxy groups -OCH3 is 2. The molecule has 5 heteroatoms. The van der Waals surface area contributed by atoms with Gasteiger partial charge in [0.25, 0.3) is 0 Å². The molecule has 134 valence electrons. The molecule has 0 radical (unpaired) electrons. The first-order valence-electron chi connectivity index (χ1n) is 8.39. The highest BCUT2D eigenvalue weighted by Gasteiger charge is 2.29. The van der Waals surface area contributed by atoms with Gasteiger partial charge in [-0.2, -0.15) is 0 Å². The summed E-state index contributed by atoms with van der Waals surface area (Å²) < 4.78 is 12.0. The topological polar surface area (TPSA) is 52.6 Å². The van der Waals surface area contributed by atoms with Crippen LogP contribution in [0.3, 0.4) is 0 Å². The van der Waals surface area contributed by atoms with E-state index in [4.69, 9.17) is 9.47 Å². The first kappa shape index (κ1) is 17.2. The molecule has 1 heterocycles. The largest absolute Gasteiger partial charge is 0.465 e. The Morgan fingerprint density at radius 2 is 1.44 bits per heavy atom. The molecule has 0 N–H and O–H groups in total. The van der Waals surface area contributed by atoms with Gasteiger partial charge in [0.15, 0.2) is 14.3 Å². The molecule has 0 amide bonds. The lowest BCUT2D eigenvalue weighted by molar-refractivity contribution is 0.0600. The molecule has 0 fully saturated rings. The summed E-state index contributed by atoms with van der Waals surface area (Å²) in [6.07, 6.45) is 0. The van der Waals surface area contributed by atoms with Crippen molar-refractivity contribution in [2.24, 2.45) is 0 Å². The molecule has 0 saturated heterocycles. The predicted octanol–water partition coefficient (Wildman–Crippen LogP) is 5.30. The van der Waals surface area contributed by atoms with Crippen molar-refractivity contribution in [1.29, 1.82) is 0 Å². The van der Waals surface area contributed by atoms with Crippen LogP contribution in [0.1, 0.15) is 20.7 Å². The molecule has 0 aliphatic rings. The van der Waals surface area contributed by atoms with Gasteiger partial charge in [0.2, 0.25) is 0 Å². The maximum atomic E-state index is 12.5. The van der Waals surface area contributed by atoms with Gasteiger partial charge in [0.1, 0.15) is 0 Å². The number of fused-ring (bicyclic) bond motifs is 3. The Morgan fingerprint density at radius 1 is 0.778 bits per heavy atom. The van der Waals surface area contributed by atoms with E-state index in [2.05, 4.69) is 18.2 Å². The summed E-state index contributed by atoms with van der Waals surface area (Å²) in [7, 11) is 2.26. The first-order valence-corrected chi connectivity index (χ1v) is 9.61. The number of esters is 2. The summed E-state index contributed by atoms with van der Waals surface area (Å²) in [5, 5.41) is 1.83. The zero-order valence-corrected chi connectivity index (χ0v) is 15.7. The van der Waals surface area contributed by atoms with Crippen LogP contribution in [-0.2, 0) is 9.47 Å². The normalized spacial score (nSPS) is 11.6. The summed E-state index contributed by atoms with van der Waals surface area (Å²) >= 11 is 0. The molecule has 1 aromatic heterocycles. The molecule has 1 unspecified atom stereocenters. The van der Waals surface area contributed by atoms with Crippen LogP contribution in [0.25, 0.3) is 25.1 Å². The molecule has 0 bridgehead atoms. The molecular weight excluding hydrogens is 360 g/mol. The van der Waals surface area contributed by atoms with Gasteiger partial charge in [0.05, 0.1) is 30.7 Å². The second-order valence-electron chi connectivity index (χ2n) is 6.00. The number of rotatable bonds is 3. The second kappa shape index (κ2) is 6.85. The van der Waals surface area contributed by atoms with Crippen LogP contribution >= 0.6 is 10.5 Å². The van der Waals surface area contributed by atoms with Gasteiger partial charge in [-0.25, -0.2) is 9.59 Å². The molecule has 1 atom stereocenters. The average Bonchev–Trinajstić information content (AvgIpc) is 3.06. The van der Waals surface area contributed by atoms with Gasteiger partial charge in [-0.15, -0.1) is 0 Å². The van der Waals surface area contributed by atoms with Crippen LogP contribution in [0.2, 0.25) is 0 Å².